The van der Waals surface area contributed by atoms with Crippen molar-refractivity contribution in [2.75, 3.05) is 11.1 Å². The lowest BCUT2D eigenvalue weighted by atomic mass is 10.4. The highest BCUT2D eigenvalue weighted by molar-refractivity contribution is 7.09. The Morgan fingerprint density at radius 3 is 2.81 bits per heavy atom. The van der Waals surface area contributed by atoms with Crippen LogP contribution < -0.4 is 11.1 Å². The number of anilines is 2. The van der Waals surface area contributed by atoms with Crippen LogP contribution in [0.15, 0.2) is 11.6 Å². The number of rotatable bonds is 3. The van der Waals surface area contributed by atoms with E-state index in [1.165, 1.54) is 4.88 Å². The zero-order valence-electron chi connectivity index (χ0n) is 9.19. The fraction of sp³-hybridized carbons (Fsp3) is 0.300. The molecule has 3 N–H and O–H groups in total. The van der Waals surface area contributed by atoms with Crippen LogP contribution in [-0.2, 0) is 6.54 Å². The van der Waals surface area contributed by atoms with Crippen molar-refractivity contribution in [2.45, 2.75) is 20.4 Å². The summed E-state index contributed by atoms with van der Waals surface area (Å²) in [6, 6.07) is 1.87. The third kappa shape index (κ3) is 2.46. The Morgan fingerprint density at radius 1 is 1.38 bits per heavy atom. The first kappa shape index (κ1) is 10.8. The first-order valence-corrected chi connectivity index (χ1v) is 5.77. The van der Waals surface area contributed by atoms with Gasteiger partial charge in [0.2, 0.25) is 5.95 Å². The van der Waals surface area contributed by atoms with E-state index in [1.54, 1.807) is 11.3 Å². The van der Waals surface area contributed by atoms with Gasteiger partial charge in [0, 0.05) is 16.6 Å². The third-order valence-electron chi connectivity index (χ3n) is 2.15. The number of nitrogen functional groups attached to an aromatic ring is 1. The Morgan fingerprint density at radius 2 is 2.19 bits per heavy atom. The molecule has 0 saturated heterocycles. The molecule has 84 valence electrons. The summed E-state index contributed by atoms with van der Waals surface area (Å²) in [5.41, 5.74) is 9.32. The zero-order valence-corrected chi connectivity index (χ0v) is 10.0. The molecular formula is C10H13N5S. The minimum Gasteiger partial charge on any atom is -0.368 e. The first-order valence-electron chi connectivity index (χ1n) is 4.89. The molecule has 16 heavy (non-hydrogen) atoms. The lowest BCUT2D eigenvalue weighted by Gasteiger charge is -2.05. The number of nitrogens with zero attached hydrogens (tertiary/aromatic N) is 3. The molecule has 2 aromatic rings. The molecule has 0 unspecified atom stereocenters. The predicted molar refractivity (Wildman–Crippen MR) is 65.4 cm³/mol. The lowest BCUT2D eigenvalue weighted by Crippen LogP contribution is -2.05. The maximum absolute atomic E-state index is 5.57. The van der Waals surface area contributed by atoms with Crippen molar-refractivity contribution in [3.8, 4) is 0 Å². The molecule has 6 heteroatoms. The average Bonchev–Trinajstić information content (AvgIpc) is 2.59. The fourth-order valence-corrected chi connectivity index (χ4v) is 2.07. The number of hydrogen-bond acceptors (Lipinski definition) is 6. The Labute approximate surface area is 97.8 Å². The van der Waals surface area contributed by atoms with Gasteiger partial charge in [0.25, 0.3) is 0 Å². The van der Waals surface area contributed by atoms with E-state index in [2.05, 4.69) is 20.3 Å². The van der Waals surface area contributed by atoms with Gasteiger partial charge in [-0.3, -0.25) is 0 Å². The Bertz CT molecular complexity index is 473. The molecule has 0 aliphatic heterocycles. The molecule has 2 aromatic heterocycles. The molecule has 0 aromatic carbocycles. The van der Waals surface area contributed by atoms with Crippen molar-refractivity contribution in [1.82, 2.24) is 15.0 Å². The van der Waals surface area contributed by atoms with E-state index >= 15 is 0 Å². The number of nitrogens with one attached hydrogen (secondary N) is 1. The highest BCUT2D eigenvalue weighted by Crippen LogP contribution is 2.14. The van der Waals surface area contributed by atoms with Crippen molar-refractivity contribution < 1.29 is 0 Å². The van der Waals surface area contributed by atoms with Gasteiger partial charge in [0.05, 0.1) is 17.7 Å². The molecule has 0 aliphatic rings. The smallest absolute Gasteiger partial charge is 0.222 e. The molecule has 0 atom stereocenters. The number of nitrogens with two attached hydrogens (primary N) is 1. The van der Waals surface area contributed by atoms with Crippen molar-refractivity contribution in [3.05, 3.63) is 27.8 Å². The van der Waals surface area contributed by atoms with E-state index in [0.717, 1.165) is 17.2 Å². The summed E-state index contributed by atoms with van der Waals surface area (Å²) in [5.74, 6) is 1.04. The van der Waals surface area contributed by atoms with Gasteiger partial charge in [0.1, 0.15) is 5.82 Å². The quantitative estimate of drug-likeness (QED) is 0.847. The molecule has 0 aliphatic carbocycles. The molecule has 0 radical (unpaired) electrons. The summed E-state index contributed by atoms with van der Waals surface area (Å²) in [5, 5.41) is 3.21. The van der Waals surface area contributed by atoms with Crippen LogP contribution in [0.2, 0.25) is 0 Å². The second-order valence-electron chi connectivity index (χ2n) is 3.47. The normalized spacial score (nSPS) is 10.4. The Hall–Kier alpha value is -1.69. The van der Waals surface area contributed by atoms with Gasteiger partial charge in [-0.25, -0.2) is 9.97 Å². The summed E-state index contributed by atoms with van der Waals surface area (Å²) < 4.78 is 0. The van der Waals surface area contributed by atoms with E-state index in [9.17, 15) is 0 Å². The SMILES string of the molecule is Cc1cc(NCc2scnc2C)nc(N)n1. The highest BCUT2D eigenvalue weighted by Gasteiger charge is 2.03. The lowest BCUT2D eigenvalue weighted by molar-refractivity contribution is 1.06. The zero-order chi connectivity index (χ0) is 11.5. The number of aryl methyl sites for hydroxylation is 2. The van der Waals surface area contributed by atoms with Crippen LogP contribution in [-0.4, -0.2) is 15.0 Å². The van der Waals surface area contributed by atoms with Crippen LogP contribution in [0.4, 0.5) is 11.8 Å². The minimum atomic E-state index is 0.295. The number of aromatic nitrogens is 3. The van der Waals surface area contributed by atoms with Crippen molar-refractivity contribution in [3.63, 3.8) is 0 Å². The van der Waals surface area contributed by atoms with E-state index in [1.807, 2.05) is 25.4 Å². The average molecular weight is 235 g/mol. The van der Waals surface area contributed by atoms with E-state index in [4.69, 9.17) is 5.73 Å². The standard InChI is InChI=1S/C10H13N5S/c1-6-3-9(15-10(11)14-6)12-4-8-7(2)13-5-16-8/h3,5H,4H2,1-2H3,(H3,11,12,14,15). The maximum Gasteiger partial charge on any atom is 0.222 e. The molecular weight excluding hydrogens is 222 g/mol. The van der Waals surface area contributed by atoms with Gasteiger partial charge < -0.3 is 11.1 Å². The largest absolute Gasteiger partial charge is 0.368 e. The summed E-state index contributed by atoms with van der Waals surface area (Å²) in [6.07, 6.45) is 0. The molecule has 2 heterocycles. The molecule has 0 amide bonds. The molecule has 5 nitrogen and oxygen atoms in total. The van der Waals surface area contributed by atoms with Crippen molar-refractivity contribution >= 4 is 23.1 Å². The van der Waals surface area contributed by atoms with Gasteiger partial charge in [-0.15, -0.1) is 11.3 Å². The van der Waals surface area contributed by atoms with Crippen LogP contribution >= 0.6 is 11.3 Å². The summed E-state index contributed by atoms with van der Waals surface area (Å²) in [7, 11) is 0. The van der Waals surface area contributed by atoms with Crippen molar-refractivity contribution in [2.24, 2.45) is 0 Å². The summed E-state index contributed by atoms with van der Waals surface area (Å²) in [4.78, 5) is 13.5. The summed E-state index contributed by atoms with van der Waals surface area (Å²) >= 11 is 1.63. The van der Waals surface area contributed by atoms with Gasteiger partial charge >= 0.3 is 0 Å². The Kier molecular flexibility index (Phi) is 3.00. The summed E-state index contributed by atoms with van der Waals surface area (Å²) in [6.45, 7) is 4.60. The van der Waals surface area contributed by atoms with Crippen molar-refractivity contribution in [1.29, 1.82) is 0 Å². The van der Waals surface area contributed by atoms with Crippen LogP contribution in [0.1, 0.15) is 16.3 Å². The van der Waals surface area contributed by atoms with E-state index in [0.29, 0.717) is 12.5 Å². The number of thiazole rings is 1. The predicted octanol–water partition coefficient (Wildman–Crippen LogP) is 1.74. The van der Waals surface area contributed by atoms with Gasteiger partial charge in [-0.05, 0) is 13.8 Å². The third-order valence-corrected chi connectivity index (χ3v) is 3.08. The van der Waals surface area contributed by atoms with Gasteiger partial charge in [0.15, 0.2) is 0 Å². The fourth-order valence-electron chi connectivity index (χ4n) is 1.35. The second kappa shape index (κ2) is 4.44. The minimum absolute atomic E-state index is 0.295. The van der Waals surface area contributed by atoms with Gasteiger partial charge in [-0.2, -0.15) is 4.98 Å². The molecule has 0 spiro atoms. The van der Waals surface area contributed by atoms with Crippen LogP contribution in [0, 0.1) is 13.8 Å². The molecule has 0 fully saturated rings. The number of hydrogen-bond donors (Lipinski definition) is 2. The highest BCUT2D eigenvalue weighted by atomic mass is 32.1. The molecule has 0 bridgehead atoms. The second-order valence-corrected chi connectivity index (χ2v) is 4.41. The maximum atomic E-state index is 5.57. The van der Waals surface area contributed by atoms with Crippen LogP contribution in [0.5, 0.6) is 0 Å². The Balaban J connectivity index is 2.07. The van der Waals surface area contributed by atoms with Crippen LogP contribution in [0.3, 0.4) is 0 Å². The van der Waals surface area contributed by atoms with E-state index < -0.39 is 0 Å². The monoisotopic (exact) mass is 235 g/mol. The van der Waals surface area contributed by atoms with E-state index in [-0.39, 0.29) is 0 Å². The van der Waals surface area contributed by atoms with Crippen LogP contribution in [0.25, 0.3) is 0 Å². The molecule has 0 saturated carbocycles. The first-order chi connectivity index (χ1) is 7.65. The topological polar surface area (TPSA) is 76.7 Å². The molecule has 2 rings (SSSR count). The van der Waals surface area contributed by atoms with Gasteiger partial charge in [-0.1, -0.05) is 0 Å².